The molecule has 0 saturated heterocycles. The van der Waals surface area contributed by atoms with Gasteiger partial charge in [0.1, 0.15) is 17.1 Å². The molecular formula is C18H20F2N2O2. The van der Waals surface area contributed by atoms with Crippen LogP contribution in [0.5, 0.6) is 5.75 Å². The molecule has 2 aromatic rings. The van der Waals surface area contributed by atoms with Crippen molar-refractivity contribution in [1.82, 2.24) is 0 Å². The molecule has 2 aromatic carbocycles. The number of amides is 1. The third kappa shape index (κ3) is 4.22. The Kier molecular flexibility index (Phi) is 5.73. The topological polar surface area (TPSA) is 64.3 Å². The highest BCUT2D eigenvalue weighted by molar-refractivity contribution is 5.94. The average Bonchev–Trinajstić information content (AvgIpc) is 2.54. The van der Waals surface area contributed by atoms with E-state index >= 15 is 0 Å². The number of halogens is 2. The molecule has 128 valence electrons. The van der Waals surface area contributed by atoms with E-state index in [9.17, 15) is 13.6 Å². The van der Waals surface area contributed by atoms with Gasteiger partial charge in [0.2, 0.25) is 0 Å². The van der Waals surface area contributed by atoms with Gasteiger partial charge in [0.25, 0.3) is 5.91 Å². The van der Waals surface area contributed by atoms with Crippen LogP contribution in [0.15, 0.2) is 36.4 Å². The van der Waals surface area contributed by atoms with Crippen molar-refractivity contribution in [3.63, 3.8) is 0 Å². The Hall–Kier alpha value is -2.63. The summed E-state index contributed by atoms with van der Waals surface area (Å²) in [6, 6.07) is 9.62. The molecule has 3 N–H and O–H groups in total. The number of carbonyl (C=O) groups is 1. The lowest BCUT2D eigenvalue weighted by molar-refractivity contribution is 0.0992. The molecule has 0 aliphatic heterocycles. The highest BCUT2D eigenvalue weighted by Gasteiger charge is 2.18. The summed E-state index contributed by atoms with van der Waals surface area (Å²) in [5.74, 6) is -2.39. The van der Waals surface area contributed by atoms with Gasteiger partial charge in [0, 0.05) is 6.54 Å². The molecule has 0 saturated carbocycles. The molecular weight excluding hydrogens is 314 g/mol. The molecule has 1 atom stereocenters. The first-order chi connectivity index (χ1) is 11.4. The van der Waals surface area contributed by atoms with Gasteiger partial charge in [0.15, 0.2) is 5.82 Å². The number of primary amides is 1. The minimum atomic E-state index is -1.14. The average molecular weight is 334 g/mol. The van der Waals surface area contributed by atoms with Crippen LogP contribution in [0.4, 0.5) is 14.5 Å². The van der Waals surface area contributed by atoms with Crippen molar-refractivity contribution < 1.29 is 18.3 Å². The summed E-state index contributed by atoms with van der Waals surface area (Å²) in [7, 11) is 0. The molecule has 0 aromatic heterocycles. The van der Waals surface area contributed by atoms with Crippen LogP contribution in [0.2, 0.25) is 0 Å². The van der Waals surface area contributed by atoms with Gasteiger partial charge in [-0.3, -0.25) is 4.79 Å². The smallest absolute Gasteiger partial charge is 0.254 e. The zero-order chi connectivity index (χ0) is 17.7. The van der Waals surface area contributed by atoms with E-state index in [2.05, 4.69) is 5.32 Å². The third-order valence-corrected chi connectivity index (χ3v) is 3.63. The maximum Gasteiger partial charge on any atom is 0.254 e. The summed E-state index contributed by atoms with van der Waals surface area (Å²) < 4.78 is 33.4. The Bertz CT molecular complexity index is 735. The van der Waals surface area contributed by atoms with Crippen molar-refractivity contribution in [1.29, 1.82) is 0 Å². The maximum absolute atomic E-state index is 14.2. The Labute approximate surface area is 139 Å². The number of nitrogens with two attached hydrogens (primary N) is 1. The van der Waals surface area contributed by atoms with E-state index in [4.69, 9.17) is 10.5 Å². The molecule has 0 fully saturated rings. The van der Waals surface area contributed by atoms with E-state index in [1.807, 2.05) is 38.1 Å². The van der Waals surface area contributed by atoms with Crippen LogP contribution in [-0.2, 0) is 6.54 Å². The van der Waals surface area contributed by atoms with E-state index in [0.29, 0.717) is 6.54 Å². The van der Waals surface area contributed by atoms with Gasteiger partial charge in [-0.05, 0) is 43.2 Å². The van der Waals surface area contributed by atoms with Crippen LogP contribution in [0.3, 0.4) is 0 Å². The van der Waals surface area contributed by atoms with Crippen LogP contribution >= 0.6 is 0 Å². The van der Waals surface area contributed by atoms with Crippen LogP contribution in [0.1, 0.15) is 36.2 Å². The minimum absolute atomic E-state index is 0.0125. The Morgan fingerprint density at radius 2 is 2.04 bits per heavy atom. The lowest BCUT2D eigenvalue weighted by atomic mass is 10.1. The number of nitrogens with one attached hydrogen (secondary N) is 1. The van der Waals surface area contributed by atoms with Crippen molar-refractivity contribution in [2.75, 3.05) is 5.32 Å². The lowest BCUT2D eigenvalue weighted by Gasteiger charge is -2.14. The zero-order valence-corrected chi connectivity index (χ0v) is 13.6. The van der Waals surface area contributed by atoms with Crippen molar-refractivity contribution >= 4 is 11.6 Å². The fraction of sp³-hybridized carbons (Fsp3) is 0.278. The molecule has 6 heteroatoms. The number of anilines is 1. The summed E-state index contributed by atoms with van der Waals surface area (Å²) in [4.78, 5) is 11.1. The van der Waals surface area contributed by atoms with Gasteiger partial charge in [-0.2, -0.15) is 0 Å². The number of ether oxygens (including phenoxy) is 1. The van der Waals surface area contributed by atoms with Gasteiger partial charge in [-0.15, -0.1) is 0 Å². The highest BCUT2D eigenvalue weighted by atomic mass is 19.1. The van der Waals surface area contributed by atoms with Crippen LogP contribution < -0.4 is 15.8 Å². The second-order valence-corrected chi connectivity index (χ2v) is 5.49. The quantitative estimate of drug-likeness (QED) is 0.808. The van der Waals surface area contributed by atoms with Crippen molar-refractivity contribution in [3.05, 3.63) is 59.2 Å². The highest BCUT2D eigenvalue weighted by Crippen LogP contribution is 2.22. The zero-order valence-electron chi connectivity index (χ0n) is 13.6. The lowest BCUT2D eigenvalue weighted by Crippen LogP contribution is -2.17. The first kappa shape index (κ1) is 17.7. The fourth-order valence-electron chi connectivity index (χ4n) is 2.16. The summed E-state index contributed by atoms with van der Waals surface area (Å²) in [5, 5.41) is 2.84. The Morgan fingerprint density at radius 3 is 2.71 bits per heavy atom. The second kappa shape index (κ2) is 7.77. The van der Waals surface area contributed by atoms with E-state index < -0.39 is 23.1 Å². The number of rotatable bonds is 7. The van der Waals surface area contributed by atoms with Crippen molar-refractivity contribution in [2.45, 2.75) is 32.9 Å². The van der Waals surface area contributed by atoms with Crippen LogP contribution in [-0.4, -0.2) is 12.0 Å². The summed E-state index contributed by atoms with van der Waals surface area (Å²) in [6.07, 6.45) is 0.986. The molecule has 2 rings (SSSR count). The Balaban J connectivity index is 2.13. The van der Waals surface area contributed by atoms with Gasteiger partial charge >= 0.3 is 0 Å². The Morgan fingerprint density at radius 1 is 1.29 bits per heavy atom. The summed E-state index contributed by atoms with van der Waals surface area (Å²) in [5.41, 5.74) is 5.14. The molecule has 0 heterocycles. The molecule has 0 radical (unpaired) electrons. The standard InChI is InChI=1S/C18H20F2N2O2/c1-3-11(2)24-13-6-4-5-12(9-13)10-22-15-8-7-14(19)16(17(15)20)18(21)23/h4-9,11,22H,3,10H2,1-2H3,(H2,21,23). The van der Waals surface area contributed by atoms with Crippen molar-refractivity contribution in [2.24, 2.45) is 5.73 Å². The number of benzene rings is 2. The van der Waals surface area contributed by atoms with E-state index in [0.717, 1.165) is 23.8 Å². The monoisotopic (exact) mass is 334 g/mol. The molecule has 1 amide bonds. The molecule has 0 aliphatic carbocycles. The largest absolute Gasteiger partial charge is 0.491 e. The third-order valence-electron chi connectivity index (χ3n) is 3.63. The van der Waals surface area contributed by atoms with Crippen LogP contribution in [0.25, 0.3) is 0 Å². The van der Waals surface area contributed by atoms with Crippen molar-refractivity contribution in [3.8, 4) is 5.75 Å². The first-order valence-electron chi connectivity index (χ1n) is 7.69. The van der Waals surface area contributed by atoms with Gasteiger partial charge in [-0.1, -0.05) is 19.1 Å². The van der Waals surface area contributed by atoms with E-state index in [1.54, 1.807) is 0 Å². The molecule has 1 unspecified atom stereocenters. The number of hydrogen-bond acceptors (Lipinski definition) is 3. The van der Waals surface area contributed by atoms with Gasteiger partial charge in [0.05, 0.1) is 11.8 Å². The predicted molar refractivity (Wildman–Crippen MR) is 89.0 cm³/mol. The molecule has 0 bridgehead atoms. The molecule has 0 aliphatic rings. The SMILES string of the molecule is CCC(C)Oc1cccc(CNc2ccc(F)c(C(N)=O)c2F)c1. The van der Waals surface area contributed by atoms with Gasteiger partial charge < -0.3 is 15.8 Å². The minimum Gasteiger partial charge on any atom is -0.491 e. The molecule has 0 spiro atoms. The number of hydrogen-bond donors (Lipinski definition) is 2. The van der Waals surface area contributed by atoms with Crippen LogP contribution in [0, 0.1) is 11.6 Å². The summed E-state index contributed by atoms with van der Waals surface area (Å²) >= 11 is 0. The van der Waals surface area contributed by atoms with E-state index in [-0.39, 0.29) is 11.8 Å². The molecule has 4 nitrogen and oxygen atoms in total. The normalized spacial score (nSPS) is 11.8. The summed E-state index contributed by atoms with van der Waals surface area (Å²) in [6.45, 7) is 4.30. The van der Waals surface area contributed by atoms with Gasteiger partial charge in [-0.25, -0.2) is 8.78 Å². The predicted octanol–water partition coefficient (Wildman–Crippen LogP) is 3.85. The second-order valence-electron chi connectivity index (χ2n) is 5.49. The fourth-order valence-corrected chi connectivity index (χ4v) is 2.16. The maximum atomic E-state index is 14.2. The van der Waals surface area contributed by atoms with E-state index in [1.165, 1.54) is 6.07 Å². The molecule has 24 heavy (non-hydrogen) atoms. The number of carbonyl (C=O) groups excluding carboxylic acids is 1. The first-order valence-corrected chi connectivity index (χ1v) is 7.69.